The number of carbonyl (C=O) groups is 2. The number of hydrogen-bond donors (Lipinski definition) is 0. The van der Waals surface area contributed by atoms with Crippen LogP contribution in [0.2, 0.25) is 0 Å². The molecule has 0 radical (unpaired) electrons. The van der Waals surface area contributed by atoms with Crippen LogP contribution in [0, 0.1) is 37.5 Å². The summed E-state index contributed by atoms with van der Waals surface area (Å²) < 4.78 is 17.7. The molecule has 6 aromatic rings. The van der Waals surface area contributed by atoms with Gasteiger partial charge >= 0.3 is 49.7 Å². The third-order valence-electron chi connectivity index (χ3n) is 11.6. The zero-order chi connectivity index (χ0) is 45.1. The van der Waals surface area contributed by atoms with Crippen molar-refractivity contribution in [1.82, 2.24) is 19.8 Å². The summed E-state index contributed by atoms with van der Waals surface area (Å²) >= 11 is 3.64. The first-order valence-electron chi connectivity index (χ1n) is 22.2. The summed E-state index contributed by atoms with van der Waals surface area (Å²) in [6, 6.07) is 32.2. The number of thiazole rings is 2. The van der Waals surface area contributed by atoms with Crippen molar-refractivity contribution < 1.29 is 23.8 Å². The first-order chi connectivity index (χ1) is 31.7. The maximum absolute atomic E-state index is 13.1. The molecule has 2 aliphatic rings. The number of fused-ring (bicyclic) bond motifs is 2. The van der Waals surface area contributed by atoms with Crippen molar-refractivity contribution in [2.24, 2.45) is 0 Å². The van der Waals surface area contributed by atoms with Crippen LogP contribution in [0.1, 0.15) is 103 Å². The number of hydrogen-bond acceptors (Lipinski definition) is 11. The van der Waals surface area contributed by atoms with Crippen molar-refractivity contribution in [2.45, 2.75) is 105 Å². The Morgan fingerprint density at radius 1 is 0.621 bits per heavy atom. The van der Waals surface area contributed by atoms with E-state index in [0.29, 0.717) is 24.7 Å². The van der Waals surface area contributed by atoms with E-state index in [2.05, 4.69) is 95.9 Å². The molecule has 66 heavy (non-hydrogen) atoms. The number of carbonyl (C=O) groups excluding carboxylic acids is 2. The second-order valence-electron chi connectivity index (χ2n) is 16.6. The number of nitrogens with zero attached hydrogens (tertiary/aromatic N) is 4. The van der Waals surface area contributed by atoms with Crippen LogP contribution >= 0.6 is 22.7 Å². The number of ether oxygens (including phenoxy) is 3. The van der Waals surface area contributed by atoms with Crippen LogP contribution in [0.5, 0.6) is 11.5 Å². The van der Waals surface area contributed by atoms with Gasteiger partial charge in [-0.15, -0.1) is 34.5 Å². The van der Waals surface area contributed by atoms with E-state index in [1.54, 1.807) is 13.8 Å². The Labute approximate surface area is 426 Å². The zero-order valence-corrected chi connectivity index (χ0v) is 39.2. The number of esters is 2. The van der Waals surface area contributed by atoms with Crippen molar-refractivity contribution in [3.8, 4) is 35.2 Å². The van der Waals surface area contributed by atoms with Gasteiger partial charge in [0.1, 0.15) is 24.7 Å². The Morgan fingerprint density at radius 2 is 1.03 bits per heavy atom. The standard InChI is InChI=1S/C54H54N4O5S2.Ca.2H/c1-5-9-45(43-15-19-47(20-16-43)61-35-41-13-7-11-39(27-41)31-57-25-23-51-49(33-57)55-37(3)64-51)29-53(59)63-54(60)30-46(10-6-2)44-17-21-48(22-18-44)62-36-42-14-8-12-40(28-42)32-58-26-24-52-50(34-58)56-38(4)65-52;;;/h7-8,11-22,27-28,45-46H,23-26,29-36H2,1-4H3;;;/t45-,46?;;;/m0.../s1. The normalized spacial score (nSPS) is 14.2. The number of rotatable bonds is 16. The number of aromatic nitrogens is 2. The van der Waals surface area contributed by atoms with Gasteiger partial charge in [-0.3, -0.25) is 19.4 Å². The fraction of sp³-hybridized carbons (Fsp3) is 0.333. The first-order valence-corrected chi connectivity index (χ1v) is 23.8. The molecule has 0 spiro atoms. The third kappa shape index (κ3) is 13.6. The zero-order valence-electron chi connectivity index (χ0n) is 37.5. The molecular formula is C54H56CaN4O5S2. The predicted octanol–water partition coefficient (Wildman–Crippen LogP) is 9.34. The summed E-state index contributed by atoms with van der Waals surface area (Å²) in [6.07, 6.45) is 1.98. The topological polar surface area (TPSA) is 94.1 Å². The molecule has 0 saturated carbocycles. The maximum atomic E-state index is 13.1. The van der Waals surface area contributed by atoms with Crippen LogP contribution in [-0.4, -0.2) is 82.5 Å². The minimum atomic E-state index is -0.634. The molecule has 336 valence electrons. The molecule has 4 heterocycles. The molecule has 0 aliphatic carbocycles. The Hall–Kier alpha value is -4.82. The molecule has 0 bridgehead atoms. The molecule has 0 amide bonds. The fourth-order valence-electron chi connectivity index (χ4n) is 8.51. The van der Waals surface area contributed by atoms with Gasteiger partial charge in [-0.05, 0) is 98.2 Å². The molecule has 0 saturated heterocycles. The van der Waals surface area contributed by atoms with Crippen LogP contribution in [0.15, 0.2) is 97.1 Å². The second kappa shape index (κ2) is 23.8. The number of benzene rings is 4. The molecule has 0 fully saturated rings. The summed E-state index contributed by atoms with van der Waals surface area (Å²) in [5, 5.41) is 2.28. The Kier molecular flexibility index (Phi) is 17.7. The van der Waals surface area contributed by atoms with Gasteiger partial charge in [-0.1, -0.05) is 84.6 Å². The van der Waals surface area contributed by atoms with Crippen molar-refractivity contribution >= 4 is 72.4 Å². The molecule has 9 nitrogen and oxygen atoms in total. The van der Waals surface area contributed by atoms with Gasteiger partial charge < -0.3 is 14.2 Å². The van der Waals surface area contributed by atoms with E-state index in [1.165, 1.54) is 32.3 Å². The molecule has 0 N–H and O–H groups in total. The van der Waals surface area contributed by atoms with Crippen LogP contribution in [-0.2, 0) is 66.6 Å². The average Bonchev–Trinajstić information content (AvgIpc) is 3.87. The molecule has 2 aromatic heterocycles. The van der Waals surface area contributed by atoms with E-state index in [-0.39, 0.29) is 50.6 Å². The predicted molar refractivity (Wildman–Crippen MR) is 265 cm³/mol. The van der Waals surface area contributed by atoms with E-state index >= 15 is 0 Å². The SMILES string of the molecule is CC#CC(CC(=O)OC(=O)C[C@H](C#CC)c1ccc(OCc2cccc(CN3CCc4sc(C)nc4C3)c2)cc1)c1ccc(OCc2cccc(CN3CCc4sc(C)nc4C3)c2)cc1.[CaH2]. The van der Waals surface area contributed by atoms with Gasteiger partial charge in [0.15, 0.2) is 0 Å². The van der Waals surface area contributed by atoms with E-state index < -0.39 is 23.8 Å². The fourth-order valence-corrected chi connectivity index (χ4v) is 10.4. The molecule has 8 rings (SSSR count). The van der Waals surface area contributed by atoms with E-state index in [0.717, 1.165) is 84.4 Å². The molecule has 4 aromatic carbocycles. The quantitative estimate of drug-likeness (QED) is 0.0408. The molecule has 2 atom stereocenters. The van der Waals surface area contributed by atoms with Gasteiger partial charge in [0, 0.05) is 49.0 Å². The molecule has 12 heteroatoms. The van der Waals surface area contributed by atoms with Gasteiger partial charge in [0.25, 0.3) is 0 Å². The molecular weight excluding hydrogens is 889 g/mol. The van der Waals surface area contributed by atoms with E-state index in [9.17, 15) is 9.59 Å². The Bertz CT molecular complexity index is 2560. The van der Waals surface area contributed by atoms with E-state index in [1.807, 2.05) is 71.2 Å². The Morgan fingerprint density at radius 3 is 1.44 bits per heavy atom. The third-order valence-corrected chi connectivity index (χ3v) is 13.8. The summed E-state index contributed by atoms with van der Waals surface area (Å²) in [5.41, 5.74) is 8.81. The average molecular weight is 945 g/mol. The minimum absolute atomic E-state index is 0. The monoisotopic (exact) mass is 944 g/mol. The Balaban J connectivity index is 0.00000648. The summed E-state index contributed by atoms with van der Waals surface area (Å²) in [5.74, 6) is 11.4. The van der Waals surface area contributed by atoms with Gasteiger partial charge in [-0.2, -0.15) is 0 Å². The van der Waals surface area contributed by atoms with Gasteiger partial charge in [0.05, 0.1) is 46.1 Å². The van der Waals surface area contributed by atoms with E-state index in [4.69, 9.17) is 24.2 Å². The van der Waals surface area contributed by atoms with Crippen LogP contribution in [0.3, 0.4) is 0 Å². The summed E-state index contributed by atoms with van der Waals surface area (Å²) in [7, 11) is 0. The van der Waals surface area contributed by atoms with Crippen LogP contribution in [0.4, 0.5) is 0 Å². The molecule has 1 unspecified atom stereocenters. The molecule has 2 aliphatic heterocycles. The summed E-state index contributed by atoms with van der Waals surface area (Å²) in [4.78, 5) is 43.5. The van der Waals surface area contributed by atoms with Crippen LogP contribution < -0.4 is 9.47 Å². The summed E-state index contributed by atoms with van der Waals surface area (Å²) in [6.45, 7) is 14.1. The van der Waals surface area contributed by atoms with Crippen molar-refractivity contribution in [2.75, 3.05) is 13.1 Å². The number of aryl methyl sites for hydroxylation is 2. The van der Waals surface area contributed by atoms with Crippen molar-refractivity contribution in [1.29, 1.82) is 0 Å². The second-order valence-corrected chi connectivity index (χ2v) is 19.2. The first kappa shape index (κ1) is 49.1. The van der Waals surface area contributed by atoms with Crippen molar-refractivity contribution in [3.63, 3.8) is 0 Å². The van der Waals surface area contributed by atoms with Gasteiger partial charge in [-0.25, -0.2) is 9.97 Å². The van der Waals surface area contributed by atoms with Crippen molar-refractivity contribution in [3.05, 3.63) is 162 Å². The van der Waals surface area contributed by atoms with Crippen LogP contribution in [0.25, 0.3) is 0 Å². The van der Waals surface area contributed by atoms with Gasteiger partial charge in [0.2, 0.25) is 0 Å².